The van der Waals surface area contributed by atoms with Gasteiger partial charge in [0.2, 0.25) is 5.89 Å². The second kappa shape index (κ2) is 5.49. The molecule has 1 aromatic rings. The molecule has 0 aliphatic carbocycles. The van der Waals surface area contributed by atoms with Crippen LogP contribution >= 0.6 is 0 Å². The summed E-state index contributed by atoms with van der Waals surface area (Å²) in [4.78, 5) is 6.74. The van der Waals surface area contributed by atoms with Crippen molar-refractivity contribution >= 4 is 5.95 Å². The van der Waals surface area contributed by atoms with E-state index in [1.54, 1.807) is 0 Å². The third kappa shape index (κ3) is 2.60. The maximum absolute atomic E-state index is 5.41. The summed E-state index contributed by atoms with van der Waals surface area (Å²) in [6.45, 7) is 6.40. The molecule has 0 bridgehead atoms. The summed E-state index contributed by atoms with van der Waals surface area (Å²) >= 11 is 0. The van der Waals surface area contributed by atoms with Crippen LogP contribution in [0.3, 0.4) is 0 Å². The second-order valence-corrected chi connectivity index (χ2v) is 4.72. The lowest BCUT2D eigenvalue weighted by Crippen LogP contribution is -2.28. The Kier molecular flexibility index (Phi) is 3.99. The van der Waals surface area contributed by atoms with Crippen LogP contribution in [0.15, 0.2) is 4.52 Å². The van der Waals surface area contributed by atoms with E-state index in [1.165, 1.54) is 12.8 Å². The van der Waals surface area contributed by atoms with Crippen LogP contribution in [0.4, 0.5) is 5.95 Å². The number of rotatable bonds is 5. The van der Waals surface area contributed by atoms with Gasteiger partial charge in [0.15, 0.2) is 0 Å². The number of aromatic nitrogens is 2. The first-order valence-electron chi connectivity index (χ1n) is 6.52. The predicted octanol–water partition coefficient (Wildman–Crippen LogP) is 1.77. The third-order valence-corrected chi connectivity index (χ3v) is 3.64. The van der Waals surface area contributed by atoms with Crippen molar-refractivity contribution in [2.24, 2.45) is 0 Å². The van der Waals surface area contributed by atoms with Crippen LogP contribution in [0.5, 0.6) is 0 Å². The van der Waals surface area contributed by atoms with Crippen LogP contribution in [0.1, 0.15) is 44.9 Å². The van der Waals surface area contributed by atoms with E-state index in [0.29, 0.717) is 12.0 Å². The monoisotopic (exact) mass is 238 g/mol. The van der Waals surface area contributed by atoms with E-state index in [-0.39, 0.29) is 0 Å². The van der Waals surface area contributed by atoms with Crippen LogP contribution in [-0.4, -0.2) is 36.3 Å². The number of likely N-dealkylation sites (N-methyl/N-ethyl adjacent to an activating group) is 1. The molecule has 1 aromatic heterocycles. The van der Waals surface area contributed by atoms with Gasteiger partial charge in [0.05, 0.1) is 5.92 Å². The molecule has 96 valence electrons. The lowest BCUT2D eigenvalue weighted by molar-refractivity contribution is 0.321. The van der Waals surface area contributed by atoms with Crippen molar-refractivity contribution in [2.75, 3.05) is 25.0 Å². The van der Waals surface area contributed by atoms with Crippen LogP contribution in [0.25, 0.3) is 0 Å². The molecule has 2 heterocycles. The largest absolute Gasteiger partial charge is 0.338 e. The first kappa shape index (κ1) is 12.4. The fourth-order valence-electron chi connectivity index (χ4n) is 2.37. The van der Waals surface area contributed by atoms with Crippen molar-refractivity contribution in [3.63, 3.8) is 0 Å². The molecule has 2 atom stereocenters. The highest BCUT2D eigenvalue weighted by Gasteiger charge is 2.25. The van der Waals surface area contributed by atoms with Gasteiger partial charge in [-0.1, -0.05) is 6.92 Å². The second-order valence-electron chi connectivity index (χ2n) is 4.72. The molecule has 5 nitrogen and oxygen atoms in total. The Bertz CT molecular complexity index is 346. The number of nitrogens with one attached hydrogen (secondary N) is 1. The normalized spacial score (nSPS) is 19.6. The topological polar surface area (TPSA) is 54.2 Å². The van der Waals surface area contributed by atoms with E-state index in [0.717, 1.165) is 31.3 Å². The van der Waals surface area contributed by atoms with Crippen molar-refractivity contribution < 1.29 is 4.52 Å². The molecule has 1 saturated heterocycles. The minimum Gasteiger partial charge on any atom is -0.338 e. The Morgan fingerprint density at radius 1 is 1.41 bits per heavy atom. The molecular weight excluding hydrogens is 216 g/mol. The van der Waals surface area contributed by atoms with Gasteiger partial charge >= 0.3 is 0 Å². The van der Waals surface area contributed by atoms with Gasteiger partial charge in [0.25, 0.3) is 5.95 Å². The third-order valence-electron chi connectivity index (χ3n) is 3.64. The van der Waals surface area contributed by atoms with Gasteiger partial charge < -0.3 is 14.7 Å². The van der Waals surface area contributed by atoms with E-state index in [4.69, 9.17) is 4.52 Å². The van der Waals surface area contributed by atoms with Gasteiger partial charge in [-0.15, -0.1) is 0 Å². The molecule has 2 rings (SSSR count). The summed E-state index contributed by atoms with van der Waals surface area (Å²) < 4.78 is 5.41. The van der Waals surface area contributed by atoms with Crippen molar-refractivity contribution in [2.45, 2.75) is 45.1 Å². The van der Waals surface area contributed by atoms with Crippen LogP contribution in [0.2, 0.25) is 0 Å². The standard InChI is InChI=1S/C12H22N4O/c1-4-10(9(2)13-3)11-14-12(15-17-11)16-7-5-6-8-16/h9-10,13H,4-8H2,1-3H3. The highest BCUT2D eigenvalue weighted by molar-refractivity contribution is 5.29. The van der Waals surface area contributed by atoms with Gasteiger partial charge in [-0.2, -0.15) is 4.98 Å². The van der Waals surface area contributed by atoms with E-state index in [9.17, 15) is 0 Å². The molecule has 1 fully saturated rings. The SMILES string of the molecule is CCC(c1nc(N2CCCC2)no1)C(C)NC. The van der Waals surface area contributed by atoms with Gasteiger partial charge in [-0.25, -0.2) is 0 Å². The fraction of sp³-hybridized carbons (Fsp3) is 0.833. The molecule has 0 aromatic carbocycles. The van der Waals surface area contributed by atoms with Crippen LogP contribution in [0, 0.1) is 0 Å². The summed E-state index contributed by atoms with van der Waals surface area (Å²) in [5.74, 6) is 1.82. The molecule has 0 amide bonds. The molecule has 2 unspecified atom stereocenters. The van der Waals surface area contributed by atoms with Crippen LogP contribution in [-0.2, 0) is 0 Å². The Morgan fingerprint density at radius 3 is 2.71 bits per heavy atom. The average Bonchev–Trinajstić information content (AvgIpc) is 2.99. The smallest absolute Gasteiger partial charge is 0.266 e. The zero-order valence-corrected chi connectivity index (χ0v) is 10.9. The minimum absolute atomic E-state index is 0.295. The minimum atomic E-state index is 0.295. The maximum Gasteiger partial charge on any atom is 0.266 e. The quantitative estimate of drug-likeness (QED) is 0.847. The summed E-state index contributed by atoms with van der Waals surface area (Å²) in [7, 11) is 1.96. The van der Waals surface area contributed by atoms with Crippen molar-refractivity contribution in [1.82, 2.24) is 15.5 Å². The molecule has 1 aliphatic rings. The molecule has 0 spiro atoms. The molecular formula is C12H22N4O. The average molecular weight is 238 g/mol. The van der Waals surface area contributed by atoms with Gasteiger partial charge in [-0.3, -0.25) is 0 Å². The molecule has 1 N–H and O–H groups in total. The Balaban J connectivity index is 2.10. The number of anilines is 1. The number of hydrogen-bond donors (Lipinski definition) is 1. The Hall–Kier alpha value is -1.10. The first-order valence-corrected chi connectivity index (χ1v) is 6.52. The molecule has 0 radical (unpaired) electrons. The van der Waals surface area contributed by atoms with E-state index in [2.05, 4.69) is 34.2 Å². The number of hydrogen-bond acceptors (Lipinski definition) is 5. The molecule has 1 aliphatic heterocycles. The molecule has 17 heavy (non-hydrogen) atoms. The summed E-state index contributed by atoms with van der Waals surface area (Å²) in [6, 6.07) is 0.354. The molecule has 0 saturated carbocycles. The Morgan fingerprint density at radius 2 is 2.12 bits per heavy atom. The predicted molar refractivity (Wildman–Crippen MR) is 67.3 cm³/mol. The van der Waals surface area contributed by atoms with Gasteiger partial charge in [0, 0.05) is 19.1 Å². The van der Waals surface area contributed by atoms with Crippen molar-refractivity contribution in [3.05, 3.63) is 5.89 Å². The summed E-state index contributed by atoms with van der Waals surface area (Å²) in [5.41, 5.74) is 0. The lowest BCUT2D eigenvalue weighted by atomic mass is 9.98. The zero-order chi connectivity index (χ0) is 12.3. The van der Waals surface area contributed by atoms with E-state index >= 15 is 0 Å². The lowest BCUT2D eigenvalue weighted by Gasteiger charge is -2.18. The van der Waals surface area contributed by atoms with Crippen LogP contribution < -0.4 is 10.2 Å². The maximum atomic E-state index is 5.41. The van der Waals surface area contributed by atoms with Gasteiger partial charge in [-0.05, 0) is 38.4 Å². The number of nitrogens with zero attached hydrogens (tertiary/aromatic N) is 3. The van der Waals surface area contributed by atoms with E-state index in [1.807, 2.05) is 7.05 Å². The fourth-order valence-corrected chi connectivity index (χ4v) is 2.37. The Labute approximate surface area is 103 Å². The van der Waals surface area contributed by atoms with Crippen molar-refractivity contribution in [3.8, 4) is 0 Å². The highest BCUT2D eigenvalue weighted by Crippen LogP contribution is 2.24. The van der Waals surface area contributed by atoms with E-state index < -0.39 is 0 Å². The molecule has 5 heteroatoms. The highest BCUT2D eigenvalue weighted by atomic mass is 16.5. The van der Waals surface area contributed by atoms with Crippen molar-refractivity contribution in [1.29, 1.82) is 0 Å². The zero-order valence-electron chi connectivity index (χ0n) is 10.9. The van der Waals surface area contributed by atoms with Gasteiger partial charge in [0.1, 0.15) is 0 Å². The first-order chi connectivity index (χ1) is 8.26. The summed E-state index contributed by atoms with van der Waals surface area (Å²) in [5, 5.41) is 7.35. The summed E-state index contributed by atoms with van der Waals surface area (Å²) in [6.07, 6.45) is 3.46.